The zero-order valence-electron chi connectivity index (χ0n) is 13.3. The largest absolute Gasteiger partial charge is 0.366 e. The minimum Gasteiger partial charge on any atom is -0.366 e. The average Bonchev–Trinajstić information content (AvgIpc) is 2.86. The van der Waals surface area contributed by atoms with Crippen LogP contribution in [-0.4, -0.2) is 49.7 Å². The molecule has 1 fully saturated rings. The highest BCUT2D eigenvalue weighted by atomic mass is 15.2. The summed E-state index contributed by atoms with van der Waals surface area (Å²) in [4.78, 5) is 9.42. The van der Waals surface area contributed by atoms with Gasteiger partial charge in [-0.1, -0.05) is 6.92 Å². The van der Waals surface area contributed by atoms with Crippen LogP contribution < -0.4 is 10.2 Å². The van der Waals surface area contributed by atoms with Gasteiger partial charge in [0, 0.05) is 25.2 Å². The molecule has 2 unspecified atom stereocenters. The summed E-state index contributed by atoms with van der Waals surface area (Å²) in [5.74, 6) is 0. The molecule has 0 saturated carbocycles. The third-order valence-corrected chi connectivity index (χ3v) is 4.01. The van der Waals surface area contributed by atoms with Crippen LogP contribution in [0.25, 0.3) is 0 Å². The van der Waals surface area contributed by atoms with E-state index in [1.54, 1.807) is 0 Å². The van der Waals surface area contributed by atoms with Gasteiger partial charge in [0.25, 0.3) is 0 Å². The number of aromatic nitrogens is 1. The first kappa shape index (κ1) is 15.3. The minimum absolute atomic E-state index is 0.324. The summed E-state index contributed by atoms with van der Waals surface area (Å²) in [6.45, 7) is 7.54. The van der Waals surface area contributed by atoms with Gasteiger partial charge in [-0.05, 0) is 52.5 Å². The van der Waals surface area contributed by atoms with E-state index in [9.17, 15) is 0 Å². The van der Waals surface area contributed by atoms with Crippen LogP contribution in [0, 0.1) is 0 Å². The highest BCUT2D eigenvalue weighted by molar-refractivity contribution is 5.47. The van der Waals surface area contributed by atoms with Crippen molar-refractivity contribution >= 4 is 5.69 Å². The van der Waals surface area contributed by atoms with Crippen LogP contribution in [0.5, 0.6) is 0 Å². The second-order valence-corrected chi connectivity index (χ2v) is 5.97. The van der Waals surface area contributed by atoms with E-state index < -0.39 is 0 Å². The van der Waals surface area contributed by atoms with Crippen molar-refractivity contribution in [2.75, 3.05) is 38.6 Å². The summed E-state index contributed by atoms with van der Waals surface area (Å²) in [5.41, 5.74) is 2.39. The van der Waals surface area contributed by atoms with Crippen LogP contribution in [0.3, 0.4) is 0 Å². The SMILES string of the molecule is CCNC(C)c1ccc(N2CCCC2CN(C)C)cn1. The molecule has 0 amide bonds. The van der Waals surface area contributed by atoms with E-state index in [0.717, 1.165) is 25.3 Å². The first-order valence-electron chi connectivity index (χ1n) is 7.72. The highest BCUT2D eigenvalue weighted by Gasteiger charge is 2.25. The van der Waals surface area contributed by atoms with E-state index in [1.807, 2.05) is 6.20 Å². The van der Waals surface area contributed by atoms with Crippen LogP contribution in [-0.2, 0) is 0 Å². The molecule has 0 aromatic carbocycles. The van der Waals surface area contributed by atoms with Crippen molar-refractivity contribution in [2.45, 2.75) is 38.8 Å². The Kier molecular flexibility index (Phi) is 5.38. The Balaban J connectivity index is 2.05. The number of likely N-dealkylation sites (N-methyl/N-ethyl adjacent to an activating group) is 1. The maximum atomic E-state index is 4.64. The summed E-state index contributed by atoms with van der Waals surface area (Å²) in [6.07, 6.45) is 4.61. The van der Waals surface area contributed by atoms with Gasteiger partial charge in [-0.25, -0.2) is 0 Å². The molecule has 1 aliphatic rings. The van der Waals surface area contributed by atoms with Crippen molar-refractivity contribution < 1.29 is 0 Å². The third kappa shape index (κ3) is 3.70. The topological polar surface area (TPSA) is 31.4 Å². The van der Waals surface area contributed by atoms with E-state index in [0.29, 0.717) is 12.1 Å². The predicted octanol–water partition coefficient (Wildman–Crippen LogP) is 2.28. The minimum atomic E-state index is 0.324. The number of hydrogen-bond acceptors (Lipinski definition) is 4. The van der Waals surface area contributed by atoms with E-state index in [1.165, 1.54) is 18.5 Å². The van der Waals surface area contributed by atoms with Gasteiger partial charge in [0.05, 0.1) is 17.6 Å². The Labute approximate surface area is 123 Å². The summed E-state index contributed by atoms with van der Waals surface area (Å²) < 4.78 is 0. The molecule has 0 spiro atoms. The molecule has 2 heterocycles. The third-order valence-electron chi connectivity index (χ3n) is 4.01. The van der Waals surface area contributed by atoms with Gasteiger partial charge < -0.3 is 15.1 Å². The van der Waals surface area contributed by atoms with Gasteiger partial charge in [-0.2, -0.15) is 0 Å². The Morgan fingerprint density at radius 2 is 2.25 bits per heavy atom. The molecular weight excluding hydrogens is 248 g/mol. The fourth-order valence-corrected chi connectivity index (χ4v) is 3.02. The van der Waals surface area contributed by atoms with Crippen molar-refractivity contribution in [3.8, 4) is 0 Å². The van der Waals surface area contributed by atoms with E-state index in [-0.39, 0.29) is 0 Å². The molecule has 1 aromatic rings. The summed E-state index contributed by atoms with van der Waals surface area (Å²) in [5, 5.41) is 3.40. The van der Waals surface area contributed by atoms with Gasteiger partial charge in [-0.15, -0.1) is 0 Å². The van der Waals surface area contributed by atoms with Gasteiger partial charge in [0.2, 0.25) is 0 Å². The van der Waals surface area contributed by atoms with Crippen molar-refractivity contribution in [1.29, 1.82) is 0 Å². The zero-order chi connectivity index (χ0) is 14.5. The van der Waals surface area contributed by atoms with Crippen LogP contribution in [0.15, 0.2) is 18.3 Å². The summed E-state index contributed by atoms with van der Waals surface area (Å²) in [7, 11) is 4.30. The highest BCUT2D eigenvalue weighted by Crippen LogP contribution is 2.26. The second kappa shape index (κ2) is 7.04. The molecule has 4 heteroatoms. The summed E-state index contributed by atoms with van der Waals surface area (Å²) in [6, 6.07) is 5.34. The molecule has 2 atom stereocenters. The van der Waals surface area contributed by atoms with E-state index in [2.05, 4.69) is 60.2 Å². The fourth-order valence-electron chi connectivity index (χ4n) is 3.02. The lowest BCUT2D eigenvalue weighted by Gasteiger charge is -2.29. The average molecular weight is 276 g/mol. The monoisotopic (exact) mass is 276 g/mol. The van der Waals surface area contributed by atoms with Crippen molar-refractivity contribution in [3.05, 3.63) is 24.0 Å². The molecule has 20 heavy (non-hydrogen) atoms. The van der Waals surface area contributed by atoms with Gasteiger partial charge >= 0.3 is 0 Å². The lowest BCUT2D eigenvalue weighted by molar-refractivity contribution is 0.372. The normalized spacial score (nSPS) is 20.6. The van der Waals surface area contributed by atoms with Gasteiger partial charge in [0.1, 0.15) is 0 Å². The Morgan fingerprint density at radius 3 is 2.85 bits per heavy atom. The molecule has 2 rings (SSSR count). The first-order chi connectivity index (χ1) is 9.61. The summed E-state index contributed by atoms with van der Waals surface area (Å²) >= 11 is 0. The van der Waals surface area contributed by atoms with E-state index >= 15 is 0 Å². The standard InChI is InChI=1S/C16H28N4/c1-5-17-13(2)16-9-8-14(11-18-16)20-10-6-7-15(20)12-19(3)4/h8-9,11,13,15,17H,5-7,10,12H2,1-4H3. The van der Waals surface area contributed by atoms with E-state index in [4.69, 9.17) is 0 Å². The molecule has 0 aliphatic carbocycles. The zero-order valence-corrected chi connectivity index (χ0v) is 13.3. The predicted molar refractivity (Wildman–Crippen MR) is 85.3 cm³/mol. The number of nitrogens with zero attached hydrogens (tertiary/aromatic N) is 3. The maximum Gasteiger partial charge on any atom is 0.0572 e. The number of rotatable bonds is 6. The van der Waals surface area contributed by atoms with Gasteiger partial charge in [0.15, 0.2) is 0 Å². The molecule has 1 saturated heterocycles. The second-order valence-electron chi connectivity index (χ2n) is 5.97. The Hall–Kier alpha value is -1.13. The number of nitrogens with one attached hydrogen (secondary N) is 1. The van der Waals surface area contributed by atoms with Crippen LogP contribution >= 0.6 is 0 Å². The Bertz CT molecular complexity index is 401. The van der Waals surface area contributed by atoms with Crippen LogP contribution in [0.2, 0.25) is 0 Å². The molecule has 4 nitrogen and oxygen atoms in total. The molecule has 112 valence electrons. The Morgan fingerprint density at radius 1 is 1.45 bits per heavy atom. The molecule has 0 bridgehead atoms. The van der Waals surface area contributed by atoms with Crippen LogP contribution in [0.4, 0.5) is 5.69 Å². The molecule has 0 radical (unpaired) electrons. The van der Waals surface area contributed by atoms with Gasteiger partial charge in [-0.3, -0.25) is 4.98 Å². The lowest BCUT2D eigenvalue weighted by Crippen LogP contribution is -2.37. The van der Waals surface area contributed by atoms with Crippen molar-refractivity contribution in [3.63, 3.8) is 0 Å². The number of anilines is 1. The fraction of sp³-hybridized carbons (Fsp3) is 0.688. The number of hydrogen-bond donors (Lipinski definition) is 1. The van der Waals surface area contributed by atoms with Crippen LogP contribution in [0.1, 0.15) is 38.4 Å². The smallest absolute Gasteiger partial charge is 0.0572 e. The molecule has 1 aromatic heterocycles. The number of pyridine rings is 1. The molecular formula is C16H28N4. The lowest BCUT2D eigenvalue weighted by atomic mass is 10.2. The van der Waals surface area contributed by atoms with Crippen molar-refractivity contribution in [2.24, 2.45) is 0 Å². The molecule has 1 aliphatic heterocycles. The molecule has 1 N–H and O–H groups in total. The first-order valence-corrected chi connectivity index (χ1v) is 7.72. The maximum absolute atomic E-state index is 4.64. The van der Waals surface area contributed by atoms with Crippen molar-refractivity contribution in [1.82, 2.24) is 15.2 Å². The quantitative estimate of drug-likeness (QED) is 0.864.